The molecule has 0 unspecified atom stereocenters. The highest BCUT2D eigenvalue weighted by Crippen LogP contribution is 2.31. The fraction of sp³-hybridized carbons (Fsp3) is 0.389. The van der Waals surface area contributed by atoms with Crippen molar-refractivity contribution in [3.63, 3.8) is 0 Å². The van der Waals surface area contributed by atoms with Gasteiger partial charge in [0.15, 0.2) is 0 Å². The van der Waals surface area contributed by atoms with Gasteiger partial charge < -0.3 is 20.1 Å². The van der Waals surface area contributed by atoms with Gasteiger partial charge in [0.2, 0.25) is 11.8 Å². The summed E-state index contributed by atoms with van der Waals surface area (Å²) < 4.78 is 12.4. The molecule has 6 heteroatoms. The normalized spacial score (nSPS) is 14.6. The molecule has 218 valence electrons. The van der Waals surface area contributed by atoms with Crippen molar-refractivity contribution in [3.8, 4) is 11.5 Å². The van der Waals surface area contributed by atoms with E-state index >= 15 is 0 Å². The summed E-state index contributed by atoms with van der Waals surface area (Å²) in [7, 11) is 0. The summed E-state index contributed by atoms with van der Waals surface area (Å²) in [5, 5.41) is 10.8. The van der Waals surface area contributed by atoms with Gasteiger partial charge in [0, 0.05) is 30.3 Å². The van der Waals surface area contributed by atoms with Crippen LogP contribution in [0.4, 0.5) is 0 Å². The van der Waals surface area contributed by atoms with E-state index in [0.29, 0.717) is 26.3 Å². The van der Waals surface area contributed by atoms with Crippen LogP contribution in [-0.4, -0.2) is 38.1 Å². The van der Waals surface area contributed by atoms with Gasteiger partial charge in [-0.25, -0.2) is 0 Å². The van der Waals surface area contributed by atoms with Gasteiger partial charge in [-0.05, 0) is 96.9 Å². The number of benzene rings is 4. The fourth-order valence-electron chi connectivity index (χ4n) is 5.53. The number of hydrogen-bond donors (Lipinski definition) is 2. The Morgan fingerprint density at radius 1 is 0.667 bits per heavy atom. The van der Waals surface area contributed by atoms with Gasteiger partial charge in [-0.15, -0.1) is 0 Å². The first kappa shape index (κ1) is 28.1. The number of fused-ring (bicyclic) bond motifs is 2. The van der Waals surface area contributed by atoms with Crippen LogP contribution in [0.5, 0.6) is 11.5 Å². The molecule has 0 aliphatic heterocycles. The van der Waals surface area contributed by atoms with Crippen LogP contribution in [0, 0.1) is 11.8 Å². The van der Waals surface area contributed by atoms with Gasteiger partial charge in [0.1, 0.15) is 11.5 Å². The summed E-state index contributed by atoms with van der Waals surface area (Å²) in [5.74, 6) is 2.61. The summed E-state index contributed by atoms with van der Waals surface area (Å²) in [5.41, 5.74) is 2.42. The lowest BCUT2D eigenvalue weighted by Gasteiger charge is -2.14. The lowest BCUT2D eigenvalue weighted by Crippen LogP contribution is -2.26. The molecule has 0 bridgehead atoms. The predicted octanol–water partition coefficient (Wildman–Crippen LogP) is 6.37. The maximum Gasteiger partial charge on any atom is 0.223 e. The van der Waals surface area contributed by atoms with E-state index in [1.54, 1.807) is 0 Å². The molecule has 2 N–H and O–H groups in total. The molecule has 6 nitrogen and oxygen atoms in total. The predicted molar refractivity (Wildman–Crippen MR) is 167 cm³/mol. The summed E-state index contributed by atoms with van der Waals surface area (Å²) >= 11 is 0. The highest BCUT2D eigenvalue weighted by molar-refractivity contribution is 5.91. The van der Waals surface area contributed by atoms with Crippen molar-refractivity contribution in [2.45, 2.75) is 51.4 Å². The average molecular weight is 565 g/mol. The van der Waals surface area contributed by atoms with Crippen molar-refractivity contribution in [2.75, 3.05) is 26.3 Å². The van der Waals surface area contributed by atoms with E-state index in [1.807, 2.05) is 18.2 Å². The molecule has 2 aliphatic carbocycles. The van der Waals surface area contributed by atoms with E-state index in [0.717, 1.165) is 73.6 Å². The Bertz CT molecular complexity index is 1550. The van der Waals surface area contributed by atoms with Crippen LogP contribution in [-0.2, 0) is 22.4 Å². The third kappa shape index (κ3) is 7.22. The SMILES string of the molecule is O=C(NCCc1cccc2ccc(OCCCCOc3cccc4cccc(CCNC(=O)C5CC5)c34)cc12)C1CC1. The van der Waals surface area contributed by atoms with E-state index in [9.17, 15) is 9.59 Å². The molecule has 4 aromatic carbocycles. The highest BCUT2D eigenvalue weighted by atomic mass is 16.5. The zero-order chi connectivity index (χ0) is 28.7. The van der Waals surface area contributed by atoms with E-state index in [2.05, 4.69) is 65.2 Å². The number of rotatable bonds is 15. The first-order chi connectivity index (χ1) is 20.7. The van der Waals surface area contributed by atoms with Crippen molar-refractivity contribution in [1.29, 1.82) is 0 Å². The molecular weight excluding hydrogens is 524 g/mol. The molecule has 2 amide bonds. The van der Waals surface area contributed by atoms with E-state index in [4.69, 9.17) is 9.47 Å². The highest BCUT2D eigenvalue weighted by Gasteiger charge is 2.29. The number of carbonyl (C=O) groups excluding carboxylic acids is 2. The van der Waals surface area contributed by atoms with E-state index in [-0.39, 0.29) is 23.7 Å². The number of carbonyl (C=O) groups is 2. The molecule has 42 heavy (non-hydrogen) atoms. The van der Waals surface area contributed by atoms with Crippen LogP contribution in [0.25, 0.3) is 21.5 Å². The monoisotopic (exact) mass is 564 g/mol. The van der Waals surface area contributed by atoms with Crippen LogP contribution in [0.3, 0.4) is 0 Å². The first-order valence-electron chi connectivity index (χ1n) is 15.5. The largest absolute Gasteiger partial charge is 0.494 e. The van der Waals surface area contributed by atoms with Crippen LogP contribution in [0.2, 0.25) is 0 Å². The average Bonchev–Trinajstić information content (AvgIpc) is 3.92. The number of amides is 2. The number of ether oxygens (including phenoxy) is 2. The zero-order valence-corrected chi connectivity index (χ0v) is 24.2. The van der Waals surface area contributed by atoms with Crippen molar-refractivity contribution >= 4 is 33.4 Å². The van der Waals surface area contributed by atoms with Crippen LogP contribution >= 0.6 is 0 Å². The summed E-state index contributed by atoms with van der Waals surface area (Å²) in [6, 6.07) is 25.1. The van der Waals surface area contributed by atoms with Crippen LogP contribution < -0.4 is 20.1 Å². The first-order valence-corrected chi connectivity index (χ1v) is 15.5. The molecule has 4 aromatic rings. The fourth-order valence-corrected chi connectivity index (χ4v) is 5.53. The third-order valence-corrected chi connectivity index (χ3v) is 8.25. The second kappa shape index (κ2) is 13.3. The van der Waals surface area contributed by atoms with Gasteiger partial charge >= 0.3 is 0 Å². The molecule has 0 aromatic heterocycles. The quantitative estimate of drug-likeness (QED) is 0.165. The summed E-state index contributed by atoms with van der Waals surface area (Å²) in [6.45, 7) is 2.54. The maximum atomic E-state index is 12.0. The summed E-state index contributed by atoms with van der Waals surface area (Å²) in [6.07, 6.45) is 7.46. The van der Waals surface area contributed by atoms with E-state index in [1.165, 1.54) is 21.9 Å². The molecule has 0 radical (unpaired) electrons. The summed E-state index contributed by atoms with van der Waals surface area (Å²) in [4.78, 5) is 24.0. The molecule has 2 saturated carbocycles. The Hall–Kier alpha value is -4.06. The molecule has 0 spiro atoms. The van der Waals surface area contributed by atoms with Crippen molar-refractivity contribution in [2.24, 2.45) is 11.8 Å². The van der Waals surface area contributed by atoms with Gasteiger partial charge in [-0.3, -0.25) is 9.59 Å². The molecule has 0 saturated heterocycles. The third-order valence-electron chi connectivity index (χ3n) is 8.25. The van der Waals surface area contributed by atoms with Gasteiger partial charge in [-0.1, -0.05) is 54.6 Å². The lowest BCUT2D eigenvalue weighted by atomic mass is 10.0. The minimum Gasteiger partial charge on any atom is -0.494 e. The minimum atomic E-state index is 0.187. The Morgan fingerprint density at radius 3 is 1.95 bits per heavy atom. The van der Waals surface area contributed by atoms with Crippen molar-refractivity contribution in [3.05, 3.63) is 83.9 Å². The standard InChI is InChI=1S/C36H40N2O4/c39-35(29-12-13-29)37-20-18-26-7-3-6-25-16-17-31(24-32(25)26)41-22-1-2-23-42-33-11-5-10-27-8-4-9-28(34(27)33)19-21-38-36(40)30-14-15-30/h3-11,16-17,24,29-30H,1-2,12-15,18-23H2,(H,37,39)(H,38,40). The molecular formula is C36H40N2O4. The molecule has 2 aliphatic rings. The van der Waals surface area contributed by atoms with Gasteiger partial charge in [0.25, 0.3) is 0 Å². The minimum absolute atomic E-state index is 0.187. The van der Waals surface area contributed by atoms with Crippen molar-refractivity contribution < 1.29 is 19.1 Å². The number of hydrogen-bond acceptors (Lipinski definition) is 4. The molecule has 0 atom stereocenters. The molecule has 0 heterocycles. The Balaban J connectivity index is 0.981. The number of nitrogens with one attached hydrogen (secondary N) is 2. The van der Waals surface area contributed by atoms with E-state index < -0.39 is 0 Å². The van der Waals surface area contributed by atoms with Crippen LogP contribution in [0.1, 0.15) is 49.7 Å². The van der Waals surface area contributed by atoms with Gasteiger partial charge in [-0.2, -0.15) is 0 Å². The lowest BCUT2D eigenvalue weighted by molar-refractivity contribution is -0.123. The molecule has 2 fully saturated rings. The van der Waals surface area contributed by atoms with Gasteiger partial charge in [0.05, 0.1) is 13.2 Å². The topological polar surface area (TPSA) is 76.7 Å². The Kier molecular flexibility index (Phi) is 8.88. The second-order valence-corrected chi connectivity index (χ2v) is 11.6. The number of unbranched alkanes of at least 4 members (excludes halogenated alkanes) is 1. The zero-order valence-electron chi connectivity index (χ0n) is 24.2. The Labute approximate surface area is 247 Å². The van der Waals surface area contributed by atoms with Crippen molar-refractivity contribution in [1.82, 2.24) is 10.6 Å². The smallest absolute Gasteiger partial charge is 0.223 e. The van der Waals surface area contributed by atoms with Crippen LogP contribution in [0.15, 0.2) is 72.8 Å². The Morgan fingerprint density at radius 2 is 1.26 bits per heavy atom. The second-order valence-electron chi connectivity index (χ2n) is 11.6. The molecule has 6 rings (SSSR count). The maximum absolute atomic E-state index is 12.0.